The van der Waals surface area contributed by atoms with E-state index in [0.717, 1.165) is 42.9 Å². The van der Waals surface area contributed by atoms with Crippen molar-refractivity contribution in [1.82, 2.24) is 4.57 Å². The van der Waals surface area contributed by atoms with Gasteiger partial charge < -0.3 is 14.0 Å². The Balaban J connectivity index is 1.72. The zero-order chi connectivity index (χ0) is 23.4. The summed E-state index contributed by atoms with van der Waals surface area (Å²) in [7, 11) is 0. The van der Waals surface area contributed by atoms with Gasteiger partial charge in [-0.15, -0.1) is 0 Å². The Hall–Kier alpha value is -2.83. The zero-order valence-corrected chi connectivity index (χ0v) is 21.5. The zero-order valence-electron chi connectivity index (χ0n) is 18.3. The number of rotatable bonds is 7. The van der Waals surface area contributed by atoms with E-state index in [9.17, 15) is 4.79 Å². The van der Waals surface area contributed by atoms with E-state index in [-0.39, 0.29) is 5.97 Å². The topological polar surface area (TPSA) is 40.5 Å². The fraction of sp³-hybridized carbons (Fsp3) is 0.148. The highest BCUT2D eigenvalue weighted by Gasteiger charge is 2.16. The van der Waals surface area contributed by atoms with Crippen molar-refractivity contribution < 1.29 is 14.3 Å². The average molecular weight is 569 g/mol. The second kappa shape index (κ2) is 10.4. The third-order valence-electron chi connectivity index (χ3n) is 5.22. The number of carbonyl (C=O) groups is 1. The van der Waals surface area contributed by atoms with E-state index < -0.39 is 0 Å². The minimum absolute atomic E-state index is 0.327. The summed E-state index contributed by atoms with van der Waals surface area (Å²) in [5, 5.41) is 0. The van der Waals surface area contributed by atoms with E-state index in [1.807, 2.05) is 61.5 Å². The molecule has 168 valence electrons. The Morgan fingerprint density at radius 1 is 0.909 bits per heavy atom. The molecule has 0 aliphatic carbocycles. The van der Waals surface area contributed by atoms with E-state index in [1.54, 1.807) is 13.0 Å². The molecule has 0 N–H and O–H groups in total. The maximum absolute atomic E-state index is 12.3. The van der Waals surface area contributed by atoms with Crippen molar-refractivity contribution in [1.29, 1.82) is 0 Å². The minimum Gasteiger partial charge on any atom is -0.488 e. The first-order chi connectivity index (χ1) is 16.0. The van der Waals surface area contributed by atoms with E-state index in [1.165, 1.54) is 0 Å². The first-order valence-corrected chi connectivity index (χ1v) is 12.2. The van der Waals surface area contributed by atoms with Crippen molar-refractivity contribution >= 4 is 37.8 Å². The molecule has 1 heterocycles. The van der Waals surface area contributed by atoms with Crippen LogP contribution in [0.4, 0.5) is 0 Å². The molecule has 0 amide bonds. The maximum atomic E-state index is 12.3. The smallest absolute Gasteiger partial charge is 0.338 e. The summed E-state index contributed by atoms with van der Waals surface area (Å²) in [5.74, 6) is 0.453. The molecule has 0 unspecified atom stereocenters. The summed E-state index contributed by atoms with van der Waals surface area (Å²) in [5.41, 5.74) is 5.47. The Morgan fingerprint density at radius 2 is 1.67 bits per heavy atom. The number of halogens is 2. The van der Waals surface area contributed by atoms with Crippen molar-refractivity contribution in [2.24, 2.45) is 0 Å². The van der Waals surface area contributed by atoms with Gasteiger partial charge in [-0.25, -0.2) is 4.79 Å². The lowest BCUT2D eigenvalue weighted by atomic mass is 10.1. The molecular formula is C27H23Br2NO3. The Morgan fingerprint density at radius 3 is 2.42 bits per heavy atom. The van der Waals surface area contributed by atoms with E-state index in [0.29, 0.717) is 18.8 Å². The number of aromatic nitrogens is 1. The van der Waals surface area contributed by atoms with Gasteiger partial charge in [0, 0.05) is 25.9 Å². The van der Waals surface area contributed by atoms with Crippen molar-refractivity contribution in [3.8, 4) is 22.7 Å². The number of esters is 1. The van der Waals surface area contributed by atoms with Gasteiger partial charge in [0.1, 0.15) is 12.4 Å². The van der Waals surface area contributed by atoms with Crippen LogP contribution in [0.1, 0.15) is 28.5 Å². The summed E-state index contributed by atoms with van der Waals surface area (Å²) in [4.78, 5) is 12.3. The van der Waals surface area contributed by atoms with Crippen molar-refractivity contribution in [3.63, 3.8) is 0 Å². The number of hydrogen-bond donors (Lipinski definition) is 0. The Bertz CT molecular complexity index is 1280. The number of hydrogen-bond acceptors (Lipinski definition) is 3. The van der Waals surface area contributed by atoms with Crippen LogP contribution in [-0.4, -0.2) is 17.1 Å². The minimum atomic E-state index is -0.327. The van der Waals surface area contributed by atoms with Crippen LogP contribution in [0.5, 0.6) is 5.75 Å². The maximum Gasteiger partial charge on any atom is 0.338 e. The molecule has 33 heavy (non-hydrogen) atoms. The molecule has 4 aromatic rings. The highest BCUT2D eigenvalue weighted by molar-refractivity contribution is 9.10. The molecular weight excluding hydrogens is 546 g/mol. The second-order valence-electron chi connectivity index (χ2n) is 7.52. The lowest BCUT2D eigenvalue weighted by Gasteiger charge is -2.17. The van der Waals surface area contributed by atoms with Crippen LogP contribution >= 0.6 is 31.9 Å². The average Bonchev–Trinajstić information content (AvgIpc) is 3.20. The van der Waals surface area contributed by atoms with Crippen LogP contribution in [-0.2, 0) is 11.3 Å². The molecule has 0 bridgehead atoms. The third kappa shape index (κ3) is 5.40. The molecule has 4 nitrogen and oxygen atoms in total. The number of aryl methyl sites for hydroxylation is 1. The highest BCUT2D eigenvalue weighted by Crippen LogP contribution is 2.36. The predicted octanol–water partition coefficient (Wildman–Crippen LogP) is 7.73. The monoisotopic (exact) mass is 567 g/mol. The lowest BCUT2D eigenvalue weighted by molar-refractivity contribution is 0.0526. The van der Waals surface area contributed by atoms with Gasteiger partial charge in [-0.3, -0.25) is 0 Å². The van der Waals surface area contributed by atoms with Gasteiger partial charge in [-0.1, -0.05) is 50.1 Å². The molecule has 0 fully saturated rings. The molecule has 0 radical (unpaired) electrons. The van der Waals surface area contributed by atoms with E-state index in [2.05, 4.69) is 54.6 Å². The van der Waals surface area contributed by atoms with Crippen LogP contribution in [0.15, 0.2) is 87.8 Å². The van der Waals surface area contributed by atoms with Gasteiger partial charge in [0.05, 0.1) is 17.9 Å². The van der Waals surface area contributed by atoms with Crippen molar-refractivity contribution in [2.75, 3.05) is 6.61 Å². The van der Waals surface area contributed by atoms with Crippen LogP contribution in [0.2, 0.25) is 0 Å². The van der Waals surface area contributed by atoms with E-state index >= 15 is 0 Å². The van der Waals surface area contributed by atoms with Gasteiger partial charge in [0.25, 0.3) is 0 Å². The first kappa shape index (κ1) is 23.3. The number of ether oxygens (including phenoxy) is 2. The predicted molar refractivity (Wildman–Crippen MR) is 138 cm³/mol. The van der Waals surface area contributed by atoms with Crippen LogP contribution < -0.4 is 4.74 Å². The normalized spacial score (nSPS) is 10.8. The van der Waals surface area contributed by atoms with Gasteiger partial charge in [-0.05, 0) is 80.1 Å². The molecule has 0 spiro atoms. The Labute approximate surface area is 210 Å². The highest BCUT2D eigenvalue weighted by atomic mass is 79.9. The van der Waals surface area contributed by atoms with Gasteiger partial charge >= 0.3 is 5.97 Å². The molecule has 3 aromatic carbocycles. The standard InChI is InChI=1S/C27H23Br2NO3/c1-3-32-27(31)20-5-4-6-23(15-20)30-18(2)7-13-25(30)24-16-22(29)12-14-26(24)33-17-19-8-10-21(28)11-9-19/h4-16H,3,17H2,1-2H3. The molecule has 0 atom stereocenters. The molecule has 0 saturated heterocycles. The lowest BCUT2D eigenvalue weighted by Crippen LogP contribution is -2.07. The Kier molecular flexibility index (Phi) is 7.36. The quantitative estimate of drug-likeness (QED) is 0.214. The SMILES string of the molecule is CCOC(=O)c1cccc(-n2c(C)ccc2-c2cc(Br)ccc2OCc2ccc(Br)cc2)c1. The number of benzene rings is 3. The molecule has 6 heteroatoms. The van der Waals surface area contributed by atoms with Crippen LogP contribution in [0, 0.1) is 6.92 Å². The number of carbonyl (C=O) groups excluding carboxylic acids is 1. The molecule has 0 saturated carbocycles. The van der Waals surface area contributed by atoms with Gasteiger partial charge in [0.15, 0.2) is 0 Å². The van der Waals surface area contributed by atoms with E-state index in [4.69, 9.17) is 9.47 Å². The summed E-state index contributed by atoms with van der Waals surface area (Å²) in [6.45, 7) is 4.65. The fourth-order valence-corrected chi connectivity index (χ4v) is 4.27. The summed E-state index contributed by atoms with van der Waals surface area (Å²) >= 11 is 7.07. The first-order valence-electron chi connectivity index (χ1n) is 10.6. The third-order valence-corrected chi connectivity index (χ3v) is 6.24. The molecule has 1 aromatic heterocycles. The fourth-order valence-electron chi connectivity index (χ4n) is 3.65. The van der Waals surface area contributed by atoms with Crippen LogP contribution in [0.3, 0.4) is 0 Å². The second-order valence-corrected chi connectivity index (χ2v) is 9.35. The molecule has 0 aliphatic rings. The molecule has 4 rings (SSSR count). The van der Waals surface area contributed by atoms with Crippen molar-refractivity contribution in [2.45, 2.75) is 20.5 Å². The number of nitrogens with zero attached hydrogens (tertiary/aromatic N) is 1. The summed E-state index contributed by atoms with van der Waals surface area (Å²) in [6, 6.07) is 25.7. The van der Waals surface area contributed by atoms with Crippen molar-refractivity contribution in [3.05, 3.63) is 105 Å². The largest absolute Gasteiger partial charge is 0.488 e. The van der Waals surface area contributed by atoms with Crippen LogP contribution in [0.25, 0.3) is 16.9 Å². The van der Waals surface area contributed by atoms with Gasteiger partial charge in [-0.2, -0.15) is 0 Å². The molecule has 0 aliphatic heterocycles. The summed E-state index contributed by atoms with van der Waals surface area (Å²) < 4.78 is 15.5. The van der Waals surface area contributed by atoms with Gasteiger partial charge in [0.2, 0.25) is 0 Å². The summed E-state index contributed by atoms with van der Waals surface area (Å²) in [6.07, 6.45) is 0.